The van der Waals surface area contributed by atoms with E-state index in [-0.39, 0.29) is 27.3 Å². The molecule has 0 amide bonds. The molecule has 0 aliphatic heterocycles. The van der Waals surface area contributed by atoms with Gasteiger partial charge in [0.15, 0.2) is 5.11 Å². The van der Waals surface area contributed by atoms with Gasteiger partial charge in [0, 0.05) is 16.3 Å². The van der Waals surface area contributed by atoms with Gasteiger partial charge >= 0.3 is 5.97 Å². The van der Waals surface area contributed by atoms with Crippen LogP contribution in [0.15, 0.2) is 84.0 Å². The first-order valence-corrected chi connectivity index (χ1v) is 11.1. The summed E-state index contributed by atoms with van der Waals surface area (Å²) in [6.07, 6.45) is 1.51. The largest absolute Gasteiger partial charge is 0.422 e. The maximum atomic E-state index is 13.1. The molecule has 4 rings (SSSR count). The molecule has 0 aromatic heterocycles. The standard InChI is InChI=1S/C25H16Cl2FN3O2S/c26-16-6-11-20(22(27)13-16)24(32)33-23-12-5-15-3-1-2-4-19(15)21(23)14-29-31-25(34)30-18-9-7-17(28)8-10-18/h1-14H,(H2,30,31,34). The van der Waals surface area contributed by atoms with Crippen LogP contribution in [0.1, 0.15) is 15.9 Å². The summed E-state index contributed by atoms with van der Waals surface area (Å²) >= 11 is 17.3. The summed E-state index contributed by atoms with van der Waals surface area (Å²) in [6.45, 7) is 0. The van der Waals surface area contributed by atoms with E-state index in [9.17, 15) is 9.18 Å². The molecule has 0 fully saturated rings. The van der Waals surface area contributed by atoms with Gasteiger partial charge in [-0.05, 0) is 71.5 Å². The summed E-state index contributed by atoms with van der Waals surface area (Å²) in [6, 6.07) is 21.4. The molecule has 9 heteroatoms. The lowest BCUT2D eigenvalue weighted by atomic mass is 10.0. The Hall–Kier alpha value is -3.52. The van der Waals surface area contributed by atoms with E-state index in [1.807, 2.05) is 30.3 Å². The maximum Gasteiger partial charge on any atom is 0.345 e. The topological polar surface area (TPSA) is 62.7 Å². The number of hydrogen-bond donors (Lipinski definition) is 2. The Morgan fingerprint density at radius 2 is 1.76 bits per heavy atom. The molecule has 0 saturated heterocycles. The second-order valence-electron chi connectivity index (χ2n) is 7.04. The maximum absolute atomic E-state index is 13.1. The van der Waals surface area contributed by atoms with Gasteiger partial charge in [0.05, 0.1) is 16.8 Å². The van der Waals surface area contributed by atoms with E-state index in [1.54, 1.807) is 24.3 Å². The molecule has 0 spiro atoms. The molecule has 0 aliphatic carbocycles. The zero-order valence-electron chi connectivity index (χ0n) is 17.4. The van der Waals surface area contributed by atoms with Crippen LogP contribution in [-0.4, -0.2) is 17.3 Å². The number of esters is 1. The Labute approximate surface area is 210 Å². The molecule has 4 aromatic rings. The molecule has 0 bridgehead atoms. The SMILES string of the molecule is O=C(Oc1ccc2ccccc2c1C=NNC(=S)Nc1ccc(F)cc1)c1ccc(Cl)cc1Cl. The summed E-state index contributed by atoms with van der Waals surface area (Å²) in [5, 5.41) is 9.64. The normalized spacial score (nSPS) is 10.9. The highest BCUT2D eigenvalue weighted by Gasteiger charge is 2.16. The minimum absolute atomic E-state index is 0.185. The fraction of sp³-hybridized carbons (Fsp3) is 0. The van der Waals surface area contributed by atoms with Crippen molar-refractivity contribution < 1.29 is 13.9 Å². The van der Waals surface area contributed by atoms with Crippen molar-refractivity contribution in [1.29, 1.82) is 0 Å². The molecule has 0 atom stereocenters. The van der Waals surface area contributed by atoms with Crippen molar-refractivity contribution in [2.24, 2.45) is 5.10 Å². The minimum Gasteiger partial charge on any atom is -0.422 e. The monoisotopic (exact) mass is 511 g/mol. The number of carbonyl (C=O) groups excluding carboxylic acids is 1. The molecule has 170 valence electrons. The molecule has 2 N–H and O–H groups in total. The Balaban J connectivity index is 1.57. The molecule has 5 nitrogen and oxygen atoms in total. The fourth-order valence-electron chi connectivity index (χ4n) is 3.16. The first kappa shape index (κ1) is 23.6. The van der Waals surface area contributed by atoms with Crippen molar-refractivity contribution >= 4 is 69.2 Å². The number of nitrogens with zero attached hydrogens (tertiary/aromatic N) is 1. The lowest BCUT2D eigenvalue weighted by Gasteiger charge is -2.12. The molecule has 0 heterocycles. The Morgan fingerprint density at radius 3 is 2.53 bits per heavy atom. The highest BCUT2D eigenvalue weighted by Crippen LogP contribution is 2.29. The van der Waals surface area contributed by atoms with Crippen molar-refractivity contribution in [3.63, 3.8) is 0 Å². The van der Waals surface area contributed by atoms with E-state index in [0.29, 0.717) is 16.3 Å². The van der Waals surface area contributed by atoms with Gasteiger partial charge in [-0.1, -0.05) is 53.5 Å². The molecule has 0 saturated carbocycles. The third-order valence-corrected chi connectivity index (χ3v) is 5.49. The number of ether oxygens (including phenoxy) is 1. The molecule has 34 heavy (non-hydrogen) atoms. The van der Waals surface area contributed by atoms with Crippen LogP contribution < -0.4 is 15.5 Å². The van der Waals surface area contributed by atoms with Crippen molar-refractivity contribution in [3.8, 4) is 5.75 Å². The van der Waals surface area contributed by atoms with Crippen LogP contribution in [0.5, 0.6) is 5.75 Å². The first-order valence-electron chi connectivity index (χ1n) is 9.95. The number of fused-ring (bicyclic) bond motifs is 1. The Morgan fingerprint density at radius 1 is 1.00 bits per heavy atom. The average Bonchev–Trinajstić information content (AvgIpc) is 2.81. The number of thiocarbonyl (C=S) groups is 1. The summed E-state index contributed by atoms with van der Waals surface area (Å²) in [4.78, 5) is 12.8. The van der Waals surface area contributed by atoms with Crippen molar-refractivity contribution in [2.45, 2.75) is 0 Å². The fourth-order valence-corrected chi connectivity index (χ4v) is 3.81. The van der Waals surface area contributed by atoms with Crippen LogP contribution in [-0.2, 0) is 0 Å². The molecular formula is C25H16Cl2FN3O2S. The van der Waals surface area contributed by atoms with Gasteiger partial charge in [-0.25, -0.2) is 9.18 Å². The van der Waals surface area contributed by atoms with Crippen LogP contribution in [0.4, 0.5) is 10.1 Å². The summed E-state index contributed by atoms with van der Waals surface area (Å²) in [7, 11) is 0. The summed E-state index contributed by atoms with van der Waals surface area (Å²) in [5.74, 6) is -0.689. The van der Waals surface area contributed by atoms with Gasteiger partial charge in [-0.15, -0.1) is 0 Å². The second-order valence-corrected chi connectivity index (χ2v) is 8.30. The average molecular weight is 512 g/mol. The lowest BCUT2D eigenvalue weighted by Crippen LogP contribution is -2.23. The minimum atomic E-state index is -0.631. The van der Waals surface area contributed by atoms with Gasteiger partial charge in [0.1, 0.15) is 11.6 Å². The molecule has 4 aromatic carbocycles. The third kappa shape index (κ3) is 5.69. The van der Waals surface area contributed by atoms with Crippen LogP contribution in [0, 0.1) is 5.82 Å². The number of anilines is 1. The van der Waals surface area contributed by atoms with Gasteiger partial charge < -0.3 is 10.1 Å². The highest BCUT2D eigenvalue weighted by molar-refractivity contribution is 7.80. The number of benzene rings is 4. The third-order valence-electron chi connectivity index (χ3n) is 4.75. The Bertz CT molecular complexity index is 1410. The number of carbonyl (C=O) groups is 1. The molecule has 0 radical (unpaired) electrons. The quantitative estimate of drug-likeness (QED) is 0.101. The highest BCUT2D eigenvalue weighted by atomic mass is 35.5. The van der Waals surface area contributed by atoms with Crippen LogP contribution in [0.3, 0.4) is 0 Å². The molecular weight excluding hydrogens is 496 g/mol. The predicted molar refractivity (Wildman–Crippen MR) is 139 cm³/mol. The van der Waals surface area contributed by atoms with Gasteiger partial charge in [0.25, 0.3) is 0 Å². The summed E-state index contributed by atoms with van der Waals surface area (Å²) in [5.41, 5.74) is 4.06. The zero-order valence-corrected chi connectivity index (χ0v) is 19.7. The predicted octanol–water partition coefficient (Wildman–Crippen LogP) is 6.83. The van der Waals surface area contributed by atoms with Gasteiger partial charge in [0.2, 0.25) is 0 Å². The van der Waals surface area contributed by atoms with Gasteiger partial charge in [-0.3, -0.25) is 5.43 Å². The van der Waals surface area contributed by atoms with E-state index in [1.165, 1.54) is 30.5 Å². The number of halogens is 3. The lowest BCUT2D eigenvalue weighted by molar-refractivity contribution is 0.0735. The number of hydrogen-bond acceptors (Lipinski definition) is 4. The van der Waals surface area contributed by atoms with E-state index >= 15 is 0 Å². The van der Waals surface area contributed by atoms with Crippen LogP contribution in [0.25, 0.3) is 10.8 Å². The van der Waals surface area contributed by atoms with Crippen molar-refractivity contribution in [3.05, 3.63) is 106 Å². The Kier molecular flexibility index (Phi) is 7.37. The smallest absolute Gasteiger partial charge is 0.345 e. The van der Waals surface area contributed by atoms with Crippen molar-refractivity contribution in [1.82, 2.24) is 5.43 Å². The van der Waals surface area contributed by atoms with E-state index in [4.69, 9.17) is 40.2 Å². The van der Waals surface area contributed by atoms with E-state index < -0.39 is 5.97 Å². The number of rotatable bonds is 5. The van der Waals surface area contributed by atoms with Crippen molar-refractivity contribution in [2.75, 3.05) is 5.32 Å². The second kappa shape index (κ2) is 10.6. The van der Waals surface area contributed by atoms with E-state index in [0.717, 1.165) is 10.8 Å². The van der Waals surface area contributed by atoms with Gasteiger partial charge in [-0.2, -0.15) is 5.10 Å². The molecule has 0 aliphatic rings. The van der Waals surface area contributed by atoms with Crippen LogP contribution in [0.2, 0.25) is 10.0 Å². The number of hydrazone groups is 1. The van der Waals surface area contributed by atoms with E-state index in [2.05, 4.69) is 15.8 Å². The number of nitrogens with one attached hydrogen (secondary N) is 2. The van der Waals surface area contributed by atoms with Crippen LogP contribution >= 0.6 is 35.4 Å². The zero-order chi connectivity index (χ0) is 24.1. The first-order chi connectivity index (χ1) is 16.4. The summed E-state index contributed by atoms with van der Waals surface area (Å²) < 4.78 is 18.7. The molecule has 0 unspecified atom stereocenters.